The number of likely N-dealkylation sites (tertiary alicyclic amines) is 1. The Morgan fingerprint density at radius 2 is 1.95 bits per heavy atom. The molecule has 1 fully saturated rings. The van der Waals surface area contributed by atoms with Crippen LogP contribution in [0, 0.1) is 0 Å². The average Bonchev–Trinajstić information content (AvgIpc) is 3.45. The molecule has 1 saturated heterocycles. The van der Waals surface area contributed by atoms with Crippen molar-refractivity contribution >= 4 is 29.2 Å². The zero-order valence-electron chi connectivity index (χ0n) is 22.1. The summed E-state index contributed by atoms with van der Waals surface area (Å²) < 4.78 is 5.19. The van der Waals surface area contributed by atoms with Crippen molar-refractivity contribution in [2.75, 3.05) is 26.2 Å². The molecule has 1 aromatic heterocycles. The zero-order chi connectivity index (χ0) is 26.7. The number of benzene rings is 1. The lowest BCUT2D eigenvalue weighted by Gasteiger charge is -2.31. The SMILES string of the molecule is CCOC(=O)C(Cc1ccccc1)NC(=O)c1csc(C2CCN(C(=O)NCCC3=CCCCC3)CC2)n1. The molecule has 0 radical (unpaired) electrons. The number of nitrogens with zero attached hydrogens (tertiary/aromatic N) is 2. The molecule has 2 N–H and O–H groups in total. The summed E-state index contributed by atoms with van der Waals surface area (Å²) in [6, 6.07) is 8.76. The van der Waals surface area contributed by atoms with Crippen molar-refractivity contribution in [2.24, 2.45) is 0 Å². The number of carbonyl (C=O) groups is 3. The highest BCUT2D eigenvalue weighted by Gasteiger charge is 2.28. The number of nitrogens with one attached hydrogen (secondary N) is 2. The molecule has 0 bridgehead atoms. The Balaban J connectivity index is 1.26. The van der Waals surface area contributed by atoms with Crippen LogP contribution in [0.3, 0.4) is 0 Å². The van der Waals surface area contributed by atoms with Gasteiger partial charge in [0.1, 0.15) is 11.7 Å². The number of ether oxygens (including phenoxy) is 1. The molecule has 1 atom stereocenters. The zero-order valence-corrected chi connectivity index (χ0v) is 22.9. The van der Waals surface area contributed by atoms with Crippen molar-refractivity contribution in [2.45, 2.75) is 70.3 Å². The minimum absolute atomic E-state index is 0.00230. The van der Waals surface area contributed by atoms with E-state index in [1.165, 1.54) is 29.8 Å². The Morgan fingerprint density at radius 1 is 1.16 bits per heavy atom. The summed E-state index contributed by atoms with van der Waals surface area (Å²) in [5.41, 5.74) is 2.71. The number of hydrogen-bond acceptors (Lipinski definition) is 6. The lowest BCUT2D eigenvalue weighted by Crippen LogP contribution is -2.44. The molecule has 1 unspecified atom stereocenters. The van der Waals surface area contributed by atoms with E-state index in [1.807, 2.05) is 35.2 Å². The highest BCUT2D eigenvalue weighted by molar-refractivity contribution is 7.09. The summed E-state index contributed by atoms with van der Waals surface area (Å²) in [6.45, 7) is 4.02. The van der Waals surface area contributed by atoms with Gasteiger partial charge in [0.25, 0.3) is 5.91 Å². The number of urea groups is 1. The lowest BCUT2D eigenvalue weighted by molar-refractivity contribution is -0.145. The fraction of sp³-hybridized carbons (Fsp3) is 0.517. The smallest absolute Gasteiger partial charge is 0.328 e. The van der Waals surface area contributed by atoms with Gasteiger partial charge in [-0.2, -0.15) is 0 Å². The Morgan fingerprint density at radius 3 is 2.66 bits per heavy atom. The van der Waals surface area contributed by atoms with Gasteiger partial charge in [0.2, 0.25) is 0 Å². The van der Waals surface area contributed by atoms with Crippen LogP contribution in [-0.4, -0.2) is 60.1 Å². The third-order valence-electron chi connectivity index (χ3n) is 7.15. The quantitative estimate of drug-likeness (QED) is 0.333. The molecule has 1 aromatic carbocycles. The van der Waals surface area contributed by atoms with Gasteiger partial charge in [0.05, 0.1) is 11.6 Å². The van der Waals surface area contributed by atoms with Gasteiger partial charge in [-0.3, -0.25) is 4.79 Å². The molecule has 2 aliphatic rings. The van der Waals surface area contributed by atoms with Crippen LogP contribution in [-0.2, 0) is 16.0 Å². The van der Waals surface area contributed by atoms with Crippen LogP contribution >= 0.6 is 11.3 Å². The van der Waals surface area contributed by atoms with Gasteiger partial charge in [-0.25, -0.2) is 14.6 Å². The van der Waals surface area contributed by atoms with Crippen LogP contribution in [0.25, 0.3) is 0 Å². The lowest BCUT2D eigenvalue weighted by atomic mass is 9.97. The maximum absolute atomic E-state index is 13.0. The van der Waals surface area contributed by atoms with E-state index in [1.54, 1.807) is 12.3 Å². The van der Waals surface area contributed by atoms with E-state index in [-0.39, 0.29) is 24.5 Å². The number of allylic oxidation sites excluding steroid dienone is 1. The van der Waals surface area contributed by atoms with Crippen LogP contribution in [0.5, 0.6) is 0 Å². The predicted molar refractivity (Wildman–Crippen MR) is 148 cm³/mol. The van der Waals surface area contributed by atoms with Crippen LogP contribution in [0.15, 0.2) is 47.4 Å². The molecule has 0 spiro atoms. The summed E-state index contributed by atoms with van der Waals surface area (Å²) in [6.07, 6.45) is 10.1. The second-order valence-corrected chi connectivity index (χ2v) is 10.8. The number of carbonyl (C=O) groups excluding carboxylic acids is 3. The maximum Gasteiger partial charge on any atom is 0.328 e. The Labute approximate surface area is 228 Å². The standard InChI is InChI=1S/C29H38N4O4S/c1-2-37-28(35)24(19-22-11-7-4-8-12-22)31-26(34)25-20-38-27(32-25)23-14-17-33(18-15-23)29(36)30-16-13-21-9-5-3-6-10-21/h4,7-9,11-12,20,23-24H,2-3,5-6,10,13-19H2,1H3,(H,30,36)(H,31,34). The third kappa shape index (κ3) is 7.90. The number of piperidine rings is 1. The number of amides is 3. The first-order chi connectivity index (χ1) is 18.5. The van der Waals surface area contributed by atoms with Gasteiger partial charge in [-0.05, 0) is 57.4 Å². The van der Waals surface area contributed by atoms with Gasteiger partial charge in [0.15, 0.2) is 0 Å². The molecule has 1 aliphatic carbocycles. The first kappa shape index (κ1) is 27.8. The van der Waals surface area contributed by atoms with Crippen molar-refractivity contribution in [3.05, 3.63) is 63.6 Å². The Bertz CT molecular complexity index is 1110. The molecule has 2 heterocycles. The topological polar surface area (TPSA) is 101 Å². The number of hydrogen-bond donors (Lipinski definition) is 2. The van der Waals surface area contributed by atoms with E-state index in [0.717, 1.165) is 42.7 Å². The maximum atomic E-state index is 13.0. The summed E-state index contributed by atoms with van der Waals surface area (Å²) in [4.78, 5) is 44.5. The second kappa shape index (κ2) is 14.1. The minimum atomic E-state index is -0.786. The van der Waals surface area contributed by atoms with Gasteiger partial charge in [-0.1, -0.05) is 42.0 Å². The van der Waals surface area contributed by atoms with E-state index >= 15 is 0 Å². The Hall–Kier alpha value is -3.20. The van der Waals surface area contributed by atoms with E-state index in [2.05, 4.69) is 21.7 Å². The molecule has 0 saturated carbocycles. The monoisotopic (exact) mass is 538 g/mol. The van der Waals surface area contributed by atoms with E-state index in [9.17, 15) is 14.4 Å². The van der Waals surface area contributed by atoms with Crippen molar-refractivity contribution in [3.8, 4) is 0 Å². The molecular formula is C29H38N4O4S. The molecule has 38 heavy (non-hydrogen) atoms. The number of aromatic nitrogens is 1. The van der Waals surface area contributed by atoms with Crippen molar-refractivity contribution in [3.63, 3.8) is 0 Å². The summed E-state index contributed by atoms with van der Waals surface area (Å²) in [5.74, 6) is -0.629. The molecule has 204 valence electrons. The normalized spacial score (nSPS) is 16.9. The average molecular weight is 539 g/mol. The number of esters is 1. The molecule has 1 aliphatic heterocycles. The van der Waals surface area contributed by atoms with Gasteiger partial charge in [0, 0.05) is 37.4 Å². The third-order valence-corrected chi connectivity index (χ3v) is 8.16. The molecule has 2 aromatic rings. The fourth-order valence-corrected chi connectivity index (χ4v) is 5.97. The minimum Gasteiger partial charge on any atom is -0.464 e. The predicted octanol–water partition coefficient (Wildman–Crippen LogP) is 4.83. The van der Waals surface area contributed by atoms with E-state index in [4.69, 9.17) is 4.74 Å². The highest BCUT2D eigenvalue weighted by Crippen LogP contribution is 2.30. The molecule has 8 nitrogen and oxygen atoms in total. The molecular weight excluding hydrogens is 500 g/mol. The van der Waals surface area contributed by atoms with Gasteiger partial charge < -0.3 is 20.3 Å². The summed E-state index contributed by atoms with van der Waals surface area (Å²) in [7, 11) is 0. The second-order valence-electron chi connectivity index (χ2n) is 9.89. The fourth-order valence-electron chi connectivity index (χ4n) is 5.00. The van der Waals surface area contributed by atoms with Crippen molar-refractivity contribution in [1.29, 1.82) is 0 Å². The number of rotatable bonds is 10. The van der Waals surface area contributed by atoms with Crippen molar-refractivity contribution in [1.82, 2.24) is 20.5 Å². The van der Waals surface area contributed by atoms with Crippen LogP contribution in [0.2, 0.25) is 0 Å². The molecule has 4 rings (SSSR count). The van der Waals surface area contributed by atoms with Gasteiger partial charge >= 0.3 is 12.0 Å². The van der Waals surface area contributed by atoms with Crippen LogP contribution in [0.1, 0.15) is 78.8 Å². The summed E-state index contributed by atoms with van der Waals surface area (Å²) >= 11 is 1.46. The van der Waals surface area contributed by atoms with Crippen molar-refractivity contribution < 1.29 is 19.1 Å². The van der Waals surface area contributed by atoms with Crippen LogP contribution in [0.4, 0.5) is 4.79 Å². The molecule has 9 heteroatoms. The largest absolute Gasteiger partial charge is 0.464 e. The first-order valence-electron chi connectivity index (χ1n) is 13.7. The van der Waals surface area contributed by atoms with E-state index in [0.29, 0.717) is 31.7 Å². The van der Waals surface area contributed by atoms with Crippen LogP contribution < -0.4 is 10.6 Å². The highest BCUT2D eigenvalue weighted by atomic mass is 32.1. The van der Waals surface area contributed by atoms with E-state index < -0.39 is 12.0 Å². The summed E-state index contributed by atoms with van der Waals surface area (Å²) in [5, 5.41) is 8.53. The first-order valence-corrected chi connectivity index (χ1v) is 14.6. The van der Waals surface area contributed by atoms with Gasteiger partial charge in [-0.15, -0.1) is 11.3 Å². The Kier molecular flexibility index (Phi) is 10.3. The molecule has 3 amide bonds. The number of thiazole rings is 1.